The molecule has 0 spiro atoms. The molecule has 106 valence electrons. The van der Waals surface area contributed by atoms with Gasteiger partial charge in [0.05, 0.1) is 10.2 Å². The zero-order valence-corrected chi connectivity index (χ0v) is 12.2. The largest absolute Gasteiger partial charge is 0.335 e. The third kappa shape index (κ3) is 2.58. The van der Waals surface area contributed by atoms with Crippen LogP contribution in [0.5, 0.6) is 0 Å². The molecule has 7 heteroatoms. The summed E-state index contributed by atoms with van der Waals surface area (Å²) in [5.74, 6) is -2.56. The molecular formula is C13H12BrFN2O3. The number of nitrogens with one attached hydrogen (secondary N) is 1. The predicted molar refractivity (Wildman–Crippen MR) is 73.5 cm³/mol. The Hall–Kier alpha value is -1.76. The fourth-order valence-corrected chi connectivity index (χ4v) is 2.40. The molecule has 1 heterocycles. The van der Waals surface area contributed by atoms with Crippen molar-refractivity contribution in [2.75, 3.05) is 4.90 Å². The van der Waals surface area contributed by atoms with Gasteiger partial charge in [-0.15, -0.1) is 0 Å². The Morgan fingerprint density at radius 3 is 2.65 bits per heavy atom. The molecule has 1 aromatic carbocycles. The maximum Gasteiger partial charge on any atom is 0.335 e. The van der Waals surface area contributed by atoms with Gasteiger partial charge in [-0.3, -0.25) is 14.9 Å². The zero-order valence-electron chi connectivity index (χ0n) is 10.7. The first-order valence-electron chi connectivity index (χ1n) is 6.09. The van der Waals surface area contributed by atoms with Crippen LogP contribution in [0, 0.1) is 11.7 Å². The molecular weight excluding hydrogens is 331 g/mol. The van der Waals surface area contributed by atoms with Crippen LogP contribution in [-0.4, -0.2) is 17.8 Å². The highest BCUT2D eigenvalue weighted by Gasteiger charge is 2.40. The third-order valence-corrected chi connectivity index (χ3v) is 3.61. The van der Waals surface area contributed by atoms with E-state index in [0.717, 1.165) is 11.0 Å². The van der Waals surface area contributed by atoms with E-state index in [1.807, 2.05) is 6.92 Å². The first kappa shape index (κ1) is 14.6. The third-order valence-electron chi connectivity index (χ3n) is 3.01. The second kappa shape index (κ2) is 5.70. The van der Waals surface area contributed by atoms with Gasteiger partial charge in [-0.2, -0.15) is 0 Å². The average molecular weight is 343 g/mol. The maximum absolute atomic E-state index is 13.2. The van der Waals surface area contributed by atoms with Crippen molar-refractivity contribution in [3.05, 3.63) is 28.5 Å². The monoisotopic (exact) mass is 342 g/mol. The van der Waals surface area contributed by atoms with Gasteiger partial charge in [0.25, 0.3) is 0 Å². The molecule has 1 aliphatic heterocycles. The lowest BCUT2D eigenvalue weighted by Gasteiger charge is -2.30. The van der Waals surface area contributed by atoms with Crippen LogP contribution in [0.3, 0.4) is 0 Å². The van der Waals surface area contributed by atoms with E-state index in [-0.39, 0.29) is 10.2 Å². The summed E-state index contributed by atoms with van der Waals surface area (Å²) in [7, 11) is 0. The van der Waals surface area contributed by atoms with E-state index in [1.54, 1.807) is 0 Å². The van der Waals surface area contributed by atoms with Crippen molar-refractivity contribution in [1.82, 2.24) is 5.32 Å². The van der Waals surface area contributed by atoms with E-state index >= 15 is 0 Å². The van der Waals surface area contributed by atoms with E-state index in [1.165, 1.54) is 12.1 Å². The van der Waals surface area contributed by atoms with Crippen LogP contribution in [0.4, 0.5) is 14.9 Å². The highest BCUT2D eigenvalue weighted by molar-refractivity contribution is 9.10. The molecule has 0 aromatic heterocycles. The number of carbonyl (C=O) groups is 3. The molecule has 1 aliphatic rings. The maximum atomic E-state index is 13.2. The minimum atomic E-state index is -0.887. The van der Waals surface area contributed by atoms with Crippen LogP contribution in [-0.2, 0) is 9.59 Å². The molecule has 4 amide bonds. The molecule has 5 nitrogen and oxygen atoms in total. The van der Waals surface area contributed by atoms with Crippen LogP contribution in [0.2, 0.25) is 0 Å². The predicted octanol–water partition coefficient (Wildman–Crippen LogP) is 2.59. The van der Waals surface area contributed by atoms with Crippen molar-refractivity contribution in [2.24, 2.45) is 5.92 Å². The standard InChI is InChI=1S/C13H12BrFN2O3/c1-2-3-8-11(18)16-13(20)17(12(8)19)7-4-5-10(15)9(14)6-7/h4-6,8H,2-3H2,1H3,(H,16,18,20). The minimum absolute atomic E-state index is 0.138. The average Bonchev–Trinajstić information content (AvgIpc) is 2.38. The number of imide groups is 2. The Labute approximate surface area is 123 Å². The normalized spacial score (nSPS) is 19.2. The molecule has 1 fully saturated rings. The molecule has 1 atom stereocenters. The SMILES string of the molecule is CCCC1C(=O)NC(=O)N(c2ccc(F)c(Br)c2)C1=O. The molecule has 0 aliphatic carbocycles. The summed E-state index contributed by atoms with van der Waals surface area (Å²) in [6.07, 6.45) is 0.996. The fourth-order valence-electron chi connectivity index (χ4n) is 2.03. The molecule has 2 rings (SSSR count). The summed E-state index contributed by atoms with van der Waals surface area (Å²) in [5.41, 5.74) is 0.217. The van der Waals surface area contributed by atoms with E-state index in [4.69, 9.17) is 0 Å². The molecule has 0 bridgehead atoms. The first-order chi connectivity index (χ1) is 9.45. The molecule has 0 saturated carbocycles. The summed E-state index contributed by atoms with van der Waals surface area (Å²) in [6, 6.07) is 2.97. The summed E-state index contributed by atoms with van der Waals surface area (Å²) < 4.78 is 13.4. The Morgan fingerprint density at radius 2 is 2.05 bits per heavy atom. The van der Waals surface area contributed by atoms with E-state index in [9.17, 15) is 18.8 Å². The highest BCUT2D eigenvalue weighted by Crippen LogP contribution is 2.27. The Morgan fingerprint density at radius 1 is 1.35 bits per heavy atom. The summed E-state index contributed by atoms with van der Waals surface area (Å²) >= 11 is 3.00. The van der Waals surface area contributed by atoms with Crippen molar-refractivity contribution in [2.45, 2.75) is 19.8 Å². The van der Waals surface area contributed by atoms with E-state index in [0.29, 0.717) is 12.8 Å². The minimum Gasteiger partial charge on any atom is -0.277 e. The van der Waals surface area contributed by atoms with Gasteiger partial charge in [-0.25, -0.2) is 14.1 Å². The lowest BCUT2D eigenvalue weighted by Crippen LogP contribution is -2.58. The lowest BCUT2D eigenvalue weighted by molar-refractivity contribution is -0.134. The fraction of sp³-hybridized carbons (Fsp3) is 0.308. The second-order valence-corrected chi connectivity index (χ2v) is 5.26. The second-order valence-electron chi connectivity index (χ2n) is 4.41. The van der Waals surface area contributed by atoms with Crippen LogP contribution < -0.4 is 10.2 Å². The van der Waals surface area contributed by atoms with Crippen LogP contribution in [0.1, 0.15) is 19.8 Å². The number of anilines is 1. The Balaban J connectivity index is 2.38. The number of rotatable bonds is 3. The van der Waals surface area contributed by atoms with Crippen molar-refractivity contribution >= 4 is 39.5 Å². The van der Waals surface area contributed by atoms with E-state index < -0.39 is 29.6 Å². The number of halogens is 2. The van der Waals surface area contributed by atoms with Crippen LogP contribution in [0.15, 0.2) is 22.7 Å². The molecule has 1 N–H and O–H groups in total. The molecule has 20 heavy (non-hydrogen) atoms. The first-order valence-corrected chi connectivity index (χ1v) is 6.88. The van der Waals surface area contributed by atoms with Gasteiger partial charge in [0.1, 0.15) is 11.7 Å². The molecule has 1 saturated heterocycles. The van der Waals surface area contributed by atoms with Crippen molar-refractivity contribution in [1.29, 1.82) is 0 Å². The van der Waals surface area contributed by atoms with Gasteiger partial charge in [0, 0.05) is 0 Å². The van der Waals surface area contributed by atoms with Crippen LogP contribution in [0.25, 0.3) is 0 Å². The van der Waals surface area contributed by atoms with Gasteiger partial charge in [0.2, 0.25) is 11.8 Å². The number of barbiturate groups is 1. The van der Waals surface area contributed by atoms with Crippen LogP contribution >= 0.6 is 15.9 Å². The lowest BCUT2D eigenvalue weighted by atomic mass is 9.99. The number of hydrogen-bond donors (Lipinski definition) is 1. The number of urea groups is 1. The number of amides is 4. The van der Waals surface area contributed by atoms with Gasteiger partial charge < -0.3 is 0 Å². The van der Waals surface area contributed by atoms with Gasteiger partial charge in [0.15, 0.2) is 0 Å². The van der Waals surface area contributed by atoms with Crippen molar-refractivity contribution in [3.8, 4) is 0 Å². The van der Waals surface area contributed by atoms with E-state index in [2.05, 4.69) is 21.2 Å². The molecule has 1 unspecified atom stereocenters. The smallest absolute Gasteiger partial charge is 0.277 e. The Bertz CT molecular complexity index is 591. The summed E-state index contributed by atoms with van der Waals surface area (Å²) in [5, 5.41) is 2.15. The summed E-state index contributed by atoms with van der Waals surface area (Å²) in [6.45, 7) is 1.84. The number of benzene rings is 1. The number of carbonyl (C=O) groups excluding carboxylic acids is 3. The van der Waals surface area contributed by atoms with Gasteiger partial charge >= 0.3 is 6.03 Å². The van der Waals surface area contributed by atoms with Gasteiger partial charge in [-0.1, -0.05) is 13.3 Å². The molecule has 0 radical (unpaired) electrons. The zero-order chi connectivity index (χ0) is 14.9. The van der Waals surface area contributed by atoms with Crippen molar-refractivity contribution < 1.29 is 18.8 Å². The van der Waals surface area contributed by atoms with Gasteiger partial charge in [-0.05, 0) is 40.5 Å². The topological polar surface area (TPSA) is 66.5 Å². The summed E-state index contributed by atoms with van der Waals surface area (Å²) in [4.78, 5) is 36.6. The van der Waals surface area contributed by atoms with Crippen molar-refractivity contribution in [3.63, 3.8) is 0 Å². The Kier molecular flexibility index (Phi) is 4.17. The quantitative estimate of drug-likeness (QED) is 0.858. The molecule has 1 aromatic rings. The number of hydrogen-bond acceptors (Lipinski definition) is 3. The number of nitrogens with zero attached hydrogens (tertiary/aromatic N) is 1. The highest BCUT2D eigenvalue weighted by atomic mass is 79.9.